The average molecular weight is 186 g/mol. The summed E-state index contributed by atoms with van der Waals surface area (Å²) in [5.41, 5.74) is 5.68. The largest absolute Gasteiger partial charge is 0.377 e. The first-order valence-electron chi connectivity index (χ1n) is 4.87. The van der Waals surface area contributed by atoms with E-state index in [1.54, 1.807) is 0 Å². The molecule has 0 radical (unpaired) electrons. The number of carbonyl (C=O) groups is 1. The van der Waals surface area contributed by atoms with E-state index >= 15 is 0 Å². The quantitative estimate of drug-likeness (QED) is 0.636. The van der Waals surface area contributed by atoms with Crippen LogP contribution in [0.5, 0.6) is 0 Å². The molecule has 0 aromatic rings. The Morgan fingerprint density at radius 2 is 2.38 bits per heavy atom. The third-order valence-electron chi connectivity index (χ3n) is 2.19. The topological polar surface area (TPSA) is 64.4 Å². The first-order valence-corrected chi connectivity index (χ1v) is 4.87. The van der Waals surface area contributed by atoms with E-state index in [2.05, 4.69) is 12.2 Å². The number of amides is 1. The van der Waals surface area contributed by atoms with E-state index in [0.29, 0.717) is 13.2 Å². The van der Waals surface area contributed by atoms with Crippen molar-refractivity contribution in [1.82, 2.24) is 5.32 Å². The summed E-state index contributed by atoms with van der Waals surface area (Å²) < 4.78 is 4.94. The summed E-state index contributed by atoms with van der Waals surface area (Å²) in [7, 11) is 0. The zero-order chi connectivity index (χ0) is 9.68. The Balaban J connectivity index is 2.13. The second-order valence-electron chi connectivity index (χ2n) is 3.49. The molecule has 0 saturated carbocycles. The molecule has 4 nitrogen and oxygen atoms in total. The normalized spacial score (nSPS) is 19.2. The van der Waals surface area contributed by atoms with Crippen molar-refractivity contribution in [3.63, 3.8) is 0 Å². The van der Waals surface area contributed by atoms with Crippen LogP contribution in [0.25, 0.3) is 0 Å². The van der Waals surface area contributed by atoms with Gasteiger partial charge in [0, 0.05) is 0 Å². The van der Waals surface area contributed by atoms with E-state index in [1.165, 1.54) is 0 Å². The summed E-state index contributed by atoms with van der Waals surface area (Å²) in [6, 6.07) is -0.152. The molecule has 1 aliphatic rings. The highest BCUT2D eigenvalue weighted by Crippen LogP contribution is 2.02. The SMILES string of the molecule is CCCCC(N)C(=O)NC1COC1. The number of unbranched alkanes of at least 4 members (excludes halogenated alkanes) is 1. The second-order valence-corrected chi connectivity index (χ2v) is 3.49. The van der Waals surface area contributed by atoms with Crippen LogP contribution >= 0.6 is 0 Å². The summed E-state index contributed by atoms with van der Waals surface area (Å²) in [6.45, 7) is 3.35. The molecule has 1 atom stereocenters. The molecule has 1 fully saturated rings. The van der Waals surface area contributed by atoms with E-state index in [1.807, 2.05) is 0 Å². The van der Waals surface area contributed by atoms with Gasteiger partial charge in [0.2, 0.25) is 5.91 Å². The van der Waals surface area contributed by atoms with Crippen LogP contribution in [-0.4, -0.2) is 31.2 Å². The van der Waals surface area contributed by atoms with Crippen molar-refractivity contribution >= 4 is 5.91 Å². The minimum absolute atomic E-state index is 0.0400. The molecule has 76 valence electrons. The zero-order valence-corrected chi connectivity index (χ0v) is 8.08. The van der Waals surface area contributed by atoms with Crippen LogP contribution < -0.4 is 11.1 Å². The lowest BCUT2D eigenvalue weighted by atomic mass is 10.1. The number of rotatable bonds is 5. The number of nitrogens with one attached hydrogen (secondary N) is 1. The van der Waals surface area contributed by atoms with Gasteiger partial charge in [0.25, 0.3) is 0 Å². The molecule has 0 spiro atoms. The molecule has 1 aliphatic heterocycles. The van der Waals surface area contributed by atoms with Crippen molar-refractivity contribution in [3.05, 3.63) is 0 Å². The van der Waals surface area contributed by atoms with E-state index < -0.39 is 0 Å². The molecular weight excluding hydrogens is 168 g/mol. The smallest absolute Gasteiger partial charge is 0.237 e. The molecule has 3 N–H and O–H groups in total. The molecular formula is C9H18N2O2. The first-order chi connectivity index (χ1) is 6.24. The van der Waals surface area contributed by atoms with Gasteiger partial charge in [-0.2, -0.15) is 0 Å². The molecule has 4 heteroatoms. The molecule has 1 heterocycles. The van der Waals surface area contributed by atoms with Crippen molar-refractivity contribution in [2.75, 3.05) is 13.2 Å². The number of ether oxygens (including phenoxy) is 1. The maximum Gasteiger partial charge on any atom is 0.237 e. The molecule has 1 rings (SSSR count). The predicted octanol–water partition coefficient (Wildman–Crippen LogP) is 0.0189. The third kappa shape index (κ3) is 3.32. The molecule has 0 aliphatic carbocycles. The first kappa shape index (κ1) is 10.5. The fourth-order valence-electron chi connectivity index (χ4n) is 1.18. The zero-order valence-electron chi connectivity index (χ0n) is 8.08. The van der Waals surface area contributed by atoms with E-state index in [0.717, 1.165) is 19.3 Å². The van der Waals surface area contributed by atoms with E-state index in [-0.39, 0.29) is 18.0 Å². The minimum atomic E-state index is -0.347. The fourth-order valence-corrected chi connectivity index (χ4v) is 1.18. The van der Waals surface area contributed by atoms with Crippen molar-refractivity contribution < 1.29 is 9.53 Å². The van der Waals surface area contributed by atoms with E-state index in [4.69, 9.17) is 10.5 Å². The lowest BCUT2D eigenvalue weighted by molar-refractivity contribution is -0.126. The highest BCUT2D eigenvalue weighted by atomic mass is 16.5. The molecule has 0 aromatic heterocycles. The Hall–Kier alpha value is -0.610. The Kier molecular flexibility index (Phi) is 4.18. The Bertz CT molecular complexity index is 169. The maximum atomic E-state index is 11.4. The van der Waals surface area contributed by atoms with Crippen LogP contribution in [0, 0.1) is 0 Å². The van der Waals surface area contributed by atoms with Gasteiger partial charge in [-0.15, -0.1) is 0 Å². The predicted molar refractivity (Wildman–Crippen MR) is 50.3 cm³/mol. The number of hydrogen-bond donors (Lipinski definition) is 2. The summed E-state index contributed by atoms with van der Waals surface area (Å²) in [5.74, 6) is -0.0400. The van der Waals surface area contributed by atoms with Crippen molar-refractivity contribution in [2.24, 2.45) is 5.73 Å². The van der Waals surface area contributed by atoms with Gasteiger partial charge in [-0.05, 0) is 6.42 Å². The Morgan fingerprint density at radius 3 is 2.85 bits per heavy atom. The van der Waals surface area contributed by atoms with Crippen molar-refractivity contribution in [1.29, 1.82) is 0 Å². The maximum absolute atomic E-state index is 11.4. The Morgan fingerprint density at radius 1 is 1.69 bits per heavy atom. The van der Waals surface area contributed by atoms with Gasteiger partial charge in [0.15, 0.2) is 0 Å². The van der Waals surface area contributed by atoms with E-state index in [9.17, 15) is 4.79 Å². The lowest BCUT2D eigenvalue weighted by Gasteiger charge is -2.28. The minimum Gasteiger partial charge on any atom is -0.377 e. The van der Waals surface area contributed by atoms with Gasteiger partial charge in [-0.25, -0.2) is 0 Å². The van der Waals surface area contributed by atoms with Gasteiger partial charge in [-0.3, -0.25) is 4.79 Å². The number of hydrogen-bond acceptors (Lipinski definition) is 3. The van der Waals surface area contributed by atoms with Crippen LogP contribution in [0.4, 0.5) is 0 Å². The fraction of sp³-hybridized carbons (Fsp3) is 0.889. The average Bonchev–Trinajstić information content (AvgIpc) is 2.06. The van der Waals surface area contributed by atoms with Crippen LogP contribution in [0.3, 0.4) is 0 Å². The van der Waals surface area contributed by atoms with Crippen molar-refractivity contribution in [3.8, 4) is 0 Å². The summed E-state index contributed by atoms with van der Waals surface area (Å²) in [6.07, 6.45) is 2.86. The van der Waals surface area contributed by atoms with Gasteiger partial charge in [0.1, 0.15) is 0 Å². The highest BCUT2D eigenvalue weighted by Gasteiger charge is 2.22. The van der Waals surface area contributed by atoms with Crippen LogP contribution in [0.15, 0.2) is 0 Å². The van der Waals surface area contributed by atoms with Gasteiger partial charge in [0.05, 0.1) is 25.3 Å². The number of nitrogens with two attached hydrogens (primary N) is 1. The summed E-state index contributed by atoms with van der Waals surface area (Å²) in [5, 5.41) is 2.84. The summed E-state index contributed by atoms with van der Waals surface area (Å²) in [4.78, 5) is 11.4. The number of carbonyl (C=O) groups excluding carboxylic acids is 1. The van der Waals surface area contributed by atoms with Gasteiger partial charge >= 0.3 is 0 Å². The molecule has 0 bridgehead atoms. The molecule has 0 aromatic carbocycles. The monoisotopic (exact) mass is 186 g/mol. The van der Waals surface area contributed by atoms with Gasteiger partial charge in [-0.1, -0.05) is 19.8 Å². The van der Waals surface area contributed by atoms with Crippen molar-refractivity contribution in [2.45, 2.75) is 38.3 Å². The highest BCUT2D eigenvalue weighted by molar-refractivity contribution is 5.81. The molecule has 1 amide bonds. The summed E-state index contributed by atoms with van der Waals surface area (Å²) >= 11 is 0. The van der Waals surface area contributed by atoms with Crippen LogP contribution in [0.1, 0.15) is 26.2 Å². The van der Waals surface area contributed by atoms with Crippen LogP contribution in [-0.2, 0) is 9.53 Å². The third-order valence-corrected chi connectivity index (χ3v) is 2.19. The molecule has 1 saturated heterocycles. The molecule has 1 unspecified atom stereocenters. The lowest BCUT2D eigenvalue weighted by Crippen LogP contribution is -2.53. The standard InChI is InChI=1S/C9H18N2O2/c1-2-3-4-8(10)9(12)11-7-5-13-6-7/h7-8H,2-6,10H2,1H3,(H,11,12). The Labute approximate surface area is 78.8 Å². The van der Waals surface area contributed by atoms with Crippen LogP contribution in [0.2, 0.25) is 0 Å². The van der Waals surface area contributed by atoms with Gasteiger partial charge < -0.3 is 15.8 Å². The second kappa shape index (κ2) is 5.19. The molecule has 13 heavy (non-hydrogen) atoms.